The fourth-order valence-corrected chi connectivity index (χ4v) is 2.25. The van der Waals surface area contributed by atoms with Crippen LogP contribution in [0.4, 0.5) is 8.78 Å². The Morgan fingerprint density at radius 1 is 1.18 bits per heavy atom. The molecule has 2 rings (SSSR count). The molecular formula is C13H17F2NO. The van der Waals surface area contributed by atoms with E-state index in [9.17, 15) is 13.9 Å². The number of hydrogen-bond acceptors (Lipinski definition) is 2. The second-order valence-corrected chi connectivity index (χ2v) is 4.59. The molecule has 0 aromatic heterocycles. The summed E-state index contributed by atoms with van der Waals surface area (Å²) in [6, 6.07) is 3.94. The van der Waals surface area contributed by atoms with E-state index in [1.165, 1.54) is 6.07 Å². The Kier molecular flexibility index (Phi) is 4.07. The van der Waals surface area contributed by atoms with E-state index >= 15 is 0 Å². The van der Waals surface area contributed by atoms with Crippen LogP contribution in [0.25, 0.3) is 0 Å². The van der Waals surface area contributed by atoms with Gasteiger partial charge in [0, 0.05) is 12.6 Å². The molecule has 4 heteroatoms. The van der Waals surface area contributed by atoms with Gasteiger partial charge in [-0.2, -0.15) is 0 Å². The second kappa shape index (κ2) is 5.56. The normalized spacial score (nSPS) is 24.9. The predicted molar refractivity (Wildman–Crippen MR) is 61.5 cm³/mol. The molecule has 0 aliphatic heterocycles. The summed E-state index contributed by atoms with van der Waals surface area (Å²) in [5.41, 5.74) is 0.696. The van der Waals surface area contributed by atoms with Crippen molar-refractivity contribution < 1.29 is 13.9 Å². The third-order valence-electron chi connectivity index (χ3n) is 3.28. The van der Waals surface area contributed by atoms with Gasteiger partial charge in [0.1, 0.15) is 0 Å². The molecule has 94 valence electrons. The summed E-state index contributed by atoms with van der Waals surface area (Å²) in [5.74, 6) is -1.65. The highest BCUT2D eigenvalue weighted by molar-refractivity contribution is 5.17. The van der Waals surface area contributed by atoms with E-state index in [2.05, 4.69) is 5.32 Å². The van der Waals surface area contributed by atoms with Crippen LogP contribution in [0.2, 0.25) is 0 Å². The quantitative estimate of drug-likeness (QED) is 0.851. The van der Waals surface area contributed by atoms with E-state index in [0.29, 0.717) is 12.1 Å². The first-order valence-corrected chi connectivity index (χ1v) is 6.02. The third kappa shape index (κ3) is 3.23. The van der Waals surface area contributed by atoms with Crippen LogP contribution >= 0.6 is 0 Å². The van der Waals surface area contributed by atoms with E-state index in [1.54, 1.807) is 6.07 Å². The van der Waals surface area contributed by atoms with Gasteiger partial charge in [-0.05, 0) is 30.5 Å². The fraction of sp³-hybridized carbons (Fsp3) is 0.538. The lowest BCUT2D eigenvalue weighted by atomic mass is 9.92. The van der Waals surface area contributed by atoms with E-state index in [-0.39, 0.29) is 12.1 Å². The molecule has 0 heterocycles. The van der Waals surface area contributed by atoms with Crippen LogP contribution < -0.4 is 5.32 Å². The van der Waals surface area contributed by atoms with Gasteiger partial charge in [0.05, 0.1) is 6.10 Å². The Hall–Kier alpha value is -1.00. The number of halogens is 2. The topological polar surface area (TPSA) is 32.3 Å². The number of benzene rings is 1. The summed E-state index contributed by atoms with van der Waals surface area (Å²) in [7, 11) is 0. The Bertz CT molecular complexity index is 384. The predicted octanol–water partition coefficient (Wildman–Crippen LogP) is 2.36. The maximum Gasteiger partial charge on any atom is 0.159 e. The maximum absolute atomic E-state index is 13.0. The summed E-state index contributed by atoms with van der Waals surface area (Å²) in [4.78, 5) is 0. The smallest absolute Gasteiger partial charge is 0.159 e. The number of nitrogens with one attached hydrogen (secondary N) is 1. The molecule has 0 radical (unpaired) electrons. The molecule has 0 spiro atoms. The van der Waals surface area contributed by atoms with E-state index in [4.69, 9.17) is 0 Å². The van der Waals surface area contributed by atoms with Crippen molar-refractivity contribution in [3.8, 4) is 0 Å². The zero-order valence-corrected chi connectivity index (χ0v) is 9.63. The summed E-state index contributed by atoms with van der Waals surface area (Å²) in [5, 5.41) is 12.9. The van der Waals surface area contributed by atoms with Crippen molar-refractivity contribution in [2.45, 2.75) is 44.4 Å². The van der Waals surface area contributed by atoms with Crippen LogP contribution in [0.1, 0.15) is 31.2 Å². The standard InChI is InChI=1S/C13H17F2NO/c14-10-6-5-9(7-11(10)15)8-16-12-3-1-2-4-13(12)17/h5-7,12-13,16-17H,1-4,8H2. The molecule has 0 bridgehead atoms. The fourth-order valence-electron chi connectivity index (χ4n) is 2.25. The number of aliphatic hydroxyl groups is 1. The maximum atomic E-state index is 13.0. The Morgan fingerprint density at radius 3 is 2.65 bits per heavy atom. The highest BCUT2D eigenvalue weighted by Gasteiger charge is 2.22. The molecule has 17 heavy (non-hydrogen) atoms. The molecule has 1 aromatic carbocycles. The third-order valence-corrected chi connectivity index (χ3v) is 3.28. The van der Waals surface area contributed by atoms with Crippen LogP contribution in [0.15, 0.2) is 18.2 Å². The van der Waals surface area contributed by atoms with Crippen molar-refractivity contribution in [2.24, 2.45) is 0 Å². The average Bonchev–Trinajstić information content (AvgIpc) is 2.32. The monoisotopic (exact) mass is 241 g/mol. The number of hydrogen-bond donors (Lipinski definition) is 2. The first-order chi connectivity index (χ1) is 8.16. The van der Waals surface area contributed by atoms with E-state index in [0.717, 1.165) is 31.7 Å². The minimum Gasteiger partial charge on any atom is -0.392 e. The van der Waals surface area contributed by atoms with Gasteiger partial charge in [0.2, 0.25) is 0 Å². The van der Waals surface area contributed by atoms with Crippen LogP contribution in [-0.4, -0.2) is 17.3 Å². The Balaban J connectivity index is 1.90. The molecule has 1 fully saturated rings. The van der Waals surface area contributed by atoms with Gasteiger partial charge in [-0.3, -0.25) is 0 Å². The number of rotatable bonds is 3. The minimum atomic E-state index is -0.827. The van der Waals surface area contributed by atoms with Crippen LogP contribution in [0.5, 0.6) is 0 Å². The molecule has 2 N–H and O–H groups in total. The van der Waals surface area contributed by atoms with Crippen molar-refractivity contribution in [3.63, 3.8) is 0 Å². The Labute approximate surface area is 99.7 Å². The molecule has 1 aliphatic rings. The summed E-state index contributed by atoms with van der Waals surface area (Å²) in [6.07, 6.45) is 3.59. The highest BCUT2D eigenvalue weighted by atomic mass is 19.2. The van der Waals surface area contributed by atoms with Crippen LogP contribution in [-0.2, 0) is 6.54 Å². The summed E-state index contributed by atoms with van der Waals surface area (Å²) in [6.45, 7) is 0.457. The molecule has 1 aromatic rings. The summed E-state index contributed by atoms with van der Waals surface area (Å²) < 4.78 is 25.7. The first kappa shape index (κ1) is 12.5. The zero-order chi connectivity index (χ0) is 12.3. The number of aliphatic hydroxyl groups excluding tert-OH is 1. The van der Waals surface area contributed by atoms with Gasteiger partial charge in [-0.15, -0.1) is 0 Å². The molecule has 1 saturated carbocycles. The molecule has 2 atom stereocenters. The van der Waals surface area contributed by atoms with Crippen LogP contribution in [0.3, 0.4) is 0 Å². The lowest BCUT2D eigenvalue weighted by molar-refractivity contribution is 0.0902. The van der Waals surface area contributed by atoms with E-state index in [1.807, 2.05) is 0 Å². The van der Waals surface area contributed by atoms with Crippen molar-refractivity contribution in [3.05, 3.63) is 35.4 Å². The van der Waals surface area contributed by atoms with Crippen molar-refractivity contribution in [1.82, 2.24) is 5.32 Å². The zero-order valence-electron chi connectivity index (χ0n) is 9.63. The molecular weight excluding hydrogens is 224 g/mol. The summed E-state index contributed by atoms with van der Waals surface area (Å²) >= 11 is 0. The molecule has 0 amide bonds. The lowest BCUT2D eigenvalue weighted by Crippen LogP contribution is -2.41. The first-order valence-electron chi connectivity index (χ1n) is 6.02. The molecule has 1 aliphatic carbocycles. The highest BCUT2D eigenvalue weighted by Crippen LogP contribution is 2.19. The van der Waals surface area contributed by atoms with Crippen LogP contribution in [0, 0.1) is 11.6 Å². The SMILES string of the molecule is OC1CCCCC1NCc1ccc(F)c(F)c1. The van der Waals surface area contributed by atoms with Gasteiger partial charge < -0.3 is 10.4 Å². The molecule has 0 saturated heterocycles. The average molecular weight is 241 g/mol. The minimum absolute atomic E-state index is 0.0665. The van der Waals surface area contributed by atoms with Gasteiger partial charge in [0.25, 0.3) is 0 Å². The van der Waals surface area contributed by atoms with Gasteiger partial charge in [0.15, 0.2) is 11.6 Å². The van der Waals surface area contributed by atoms with Crippen molar-refractivity contribution in [2.75, 3.05) is 0 Å². The second-order valence-electron chi connectivity index (χ2n) is 4.59. The largest absolute Gasteiger partial charge is 0.392 e. The van der Waals surface area contributed by atoms with Gasteiger partial charge in [-0.1, -0.05) is 18.9 Å². The van der Waals surface area contributed by atoms with Gasteiger partial charge in [-0.25, -0.2) is 8.78 Å². The van der Waals surface area contributed by atoms with Crippen molar-refractivity contribution >= 4 is 0 Å². The molecule has 2 nitrogen and oxygen atoms in total. The van der Waals surface area contributed by atoms with Crippen molar-refractivity contribution in [1.29, 1.82) is 0 Å². The Morgan fingerprint density at radius 2 is 1.94 bits per heavy atom. The molecule has 2 unspecified atom stereocenters. The van der Waals surface area contributed by atoms with E-state index < -0.39 is 11.6 Å². The lowest BCUT2D eigenvalue weighted by Gasteiger charge is -2.28. The van der Waals surface area contributed by atoms with Gasteiger partial charge >= 0.3 is 0 Å².